The molecule has 0 atom stereocenters. The van der Waals surface area contributed by atoms with E-state index in [1.807, 2.05) is 23.6 Å². The lowest BCUT2D eigenvalue weighted by Gasteiger charge is -2.05. The third-order valence-electron chi connectivity index (χ3n) is 4.15. The van der Waals surface area contributed by atoms with Crippen LogP contribution in [0.3, 0.4) is 0 Å². The number of rotatable bonds is 5. The molecule has 0 aliphatic heterocycles. The standard InChI is InChI=1S/C20H16N4O3S2/c1-11(25)21-9-12-6-7-17(29-12)16-10-28-20(23-16)24-19(27)14-8-18(26)22-15-5-3-2-4-13(14)15/h2-8,10H,9H2,1H3,(H,21,25)(H,22,26)(H,23,24,27). The van der Waals surface area contributed by atoms with Crippen molar-refractivity contribution >= 4 is 50.5 Å². The van der Waals surface area contributed by atoms with Crippen LogP contribution in [0.4, 0.5) is 5.13 Å². The fourth-order valence-electron chi connectivity index (χ4n) is 2.82. The monoisotopic (exact) mass is 424 g/mol. The molecule has 3 aromatic heterocycles. The molecule has 29 heavy (non-hydrogen) atoms. The fraction of sp³-hybridized carbons (Fsp3) is 0.100. The number of thiazole rings is 1. The predicted octanol–water partition coefficient (Wildman–Crippen LogP) is 3.60. The average Bonchev–Trinajstić information content (AvgIpc) is 3.35. The Bertz CT molecular complexity index is 1270. The van der Waals surface area contributed by atoms with Crippen LogP contribution >= 0.6 is 22.7 Å². The van der Waals surface area contributed by atoms with E-state index < -0.39 is 0 Å². The van der Waals surface area contributed by atoms with Crippen LogP contribution in [0, 0.1) is 0 Å². The van der Waals surface area contributed by atoms with E-state index in [0.717, 1.165) is 15.4 Å². The number of nitrogens with zero attached hydrogens (tertiary/aromatic N) is 1. The molecule has 0 aliphatic rings. The number of anilines is 1. The van der Waals surface area contributed by atoms with Crippen molar-refractivity contribution in [3.05, 3.63) is 68.6 Å². The van der Waals surface area contributed by atoms with Crippen LogP contribution in [0.1, 0.15) is 22.2 Å². The molecular weight excluding hydrogens is 408 g/mol. The van der Waals surface area contributed by atoms with Gasteiger partial charge in [-0.1, -0.05) is 18.2 Å². The van der Waals surface area contributed by atoms with Crippen molar-refractivity contribution in [1.29, 1.82) is 0 Å². The number of benzene rings is 1. The first kappa shape index (κ1) is 19.0. The zero-order valence-corrected chi connectivity index (χ0v) is 16.9. The van der Waals surface area contributed by atoms with Crippen molar-refractivity contribution in [2.24, 2.45) is 0 Å². The van der Waals surface area contributed by atoms with E-state index >= 15 is 0 Å². The molecule has 0 saturated heterocycles. The number of aromatic amines is 1. The fourth-order valence-corrected chi connectivity index (χ4v) is 4.51. The summed E-state index contributed by atoms with van der Waals surface area (Å²) in [6, 6.07) is 12.3. The van der Waals surface area contributed by atoms with Crippen molar-refractivity contribution in [1.82, 2.24) is 15.3 Å². The number of pyridine rings is 1. The lowest BCUT2D eigenvalue weighted by atomic mass is 10.1. The van der Waals surface area contributed by atoms with Crippen LogP contribution in [-0.2, 0) is 11.3 Å². The first-order valence-electron chi connectivity index (χ1n) is 8.72. The lowest BCUT2D eigenvalue weighted by molar-refractivity contribution is -0.119. The van der Waals surface area contributed by atoms with Crippen molar-refractivity contribution < 1.29 is 9.59 Å². The summed E-state index contributed by atoms with van der Waals surface area (Å²) in [7, 11) is 0. The zero-order valence-electron chi connectivity index (χ0n) is 15.3. The van der Waals surface area contributed by atoms with Crippen LogP contribution in [0.25, 0.3) is 21.5 Å². The molecule has 0 fully saturated rings. The molecular formula is C20H16N4O3S2. The topological polar surface area (TPSA) is 104 Å². The number of para-hydroxylation sites is 1. The summed E-state index contributed by atoms with van der Waals surface area (Å²) in [5, 5.41) is 8.52. The highest BCUT2D eigenvalue weighted by molar-refractivity contribution is 7.17. The minimum Gasteiger partial charge on any atom is -0.351 e. The van der Waals surface area contributed by atoms with Crippen molar-refractivity contribution in [2.45, 2.75) is 13.5 Å². The summed E-state index contributed by atoms with van der Waals surface area (Å²) in [4.78, 5) is 44.8. The van der Waals surface area contributed by atoms with E-state index in [9.17, 15) is 14.4 Å². The van der Waals surface area contributed by atoms with Gasteiger partial charge in [0.1, 0.15) is 0 Å². The van der Waals surface area contributed by atoms with Gasteiger partial charge < -0.3 is 10.3 Å². The largest absolute Gasteiger partial charge is 0.351 e. The maximum atomic E-state index is 12.7. The SMILES string of the molecule is CC(=O)NCc1ccc(-c2csc(NC(=O)c3cc(=O)[nH]c4ccccc34)n2)s1. The summed E-state index contributed by atoms with van der Waals surface area (Å²) >= 11 is 2.84. The van der Waals surface area contributed by atoms with Crippen molar-refractivity contribution in [2.75, 3.05) is 5.32 Å². The van der Waals surface area contributed by atoms with Gasteiger partial charge in [-0.2, -0.15) is 0 Å². The van der Waals surface area contributed by atoms with E-state index in [1.54, 1.807) is 18.2 Å². The van der Waals surface area contributed by atoms with Crippen LogP contribution < -0.4 is 16.2 Å². The van der Waals surface area contributed by atoms with E-state index in [4.69, 9.17) is 0 Å². The Hall–Kier alpha value is -3.30. The minimum absolute atomic E-state index is 0.0779. The molecule has 146 valence electrons. The highest BCUT2D eigenvalue weighted by atomic mass is 32.1. The molecule has 9 heteroatoms. The Balaban J connectivity index is 1.53. The van der Waals surface area contributed by atoms with Gasteiger partial charge in [-0.25, -0.2) is 4.98 Å². The van der Waals surface area contributed by atoms with Crippen LogP contribution in [0.5, 0.6) is 0 Å². The molecule has 4 rings (SSSR count). The molecule has 0 radical (unpaired) electrons. The maximum absolute atomic E-state index is 12.7. The van der Waals surface area contributed by atoms with Gasteiger partial charge in [0.15, 0.2) is 5.13 Å². The van der Waals surface area contributed by atoms with E-state index in [1.165, 1.54) is 35.7 Å². The first-order valence-corrected chi connectivity index (χ1v) is 10.4. The molecule has 4 aromatic rings. The summed E-state index contributed by atoms with van der Waals surface area (Å²) in [6.45, 7) is 1.96. The summed E-state index contributed by atoms with van der Waals surface area (Å²) < 4.78 is 0. The van der Waals surface area contributed by atoms with E-state index in [-0.39, 0.29) is 17.4 Å². The van der Waals surface area contributed by atoms with Crippen molar-refractivity contribution in [3.8, 4) is 10.6 Å². The molecule has 0 saturated carbocycles. The highest BCUT2D eigenvalue weighted by Gasteiger charge is 2.15. The summed E-state index contributed by atoms with van der Waals surface area (Å²) in [6.07, 6.45) is 0. The Labute approximate surface area is 173 Å². The van der Waals surface area contributed by atoms with Gasteiger partial charge in [-0.05, 0) is 18.2 Å². The molecule has 0 aliphatic carbocycles. The lowest BCUT2D eigenvalue weighted by Crippen LogP contribution is -2.17. The third-order valence-corrected chi connectivity index (χ3v) is 6.01. The number of carbonyl (C=O) groups excluding carboxylic acids is 2. The second-order valence-electron chi connectivity index (χ2n) is 6.26. The molecule has 0 bridgehead atoms. The van der Waals surface area contributed by atoms with E-state index in [2.05, 4.69) is 20.6 Å². The zero-order chi connectivity index (χ0) is 20.4. The Morgan fingerprint density at radius 3 is 2.83 bits per heavy atom. The third kappa shape index (κ3) is 4.25. The smallest absolute Gasteiger partial charge is 0.258 e. The normalized spacial score (nSPS) is 10.8. The number of H-pyrrole nitrogens is 1. The van der Waals surface area contributed by atoms with Gasteiger partial charge in [0.05, 0.1) is 22.7 Å². The van der Waals surface area contributed by atoms with Crippen LogP contribution in [0.2, 0.25) is 0 Å². The average molecular weight is 425 g/mol. The van der Waals surface area contributed by atoms with Gasteiger partial charge in [0.25, 0.3) is 5.91 Å². The van der Waals surface area contributed by atoms with Gasteiger partial charge in [-0.3, -0.25) is 19.7 Å². The Morgan fingerprint density at radius 1 is 1.17 bits per heavy atom. The molecule has 0 spiro atoms. The number of fused-ring (bicyclic) bond motifs is 1. The molecule has 3 heterocycles. The summed E-state index contributed by atoms with van der Waals surface area (Å²) in [5.41, 5.74) is 1.32. The number of amides is 2. The number of nitrogens with one attached hydrogen (secondary N) is 3. The molecule has 1 aromatic carbocycles. The number of carbonyl (C=O) groups is 2. The Morgan fingerprint density at radius 2 is 2.00 bits per heavy atom. The summed E-state index contributed by atoms with van der Waals surface area (Å²) in [5.74, 6) is -0.461. The van der Waals surface area contributed by atoms with Crippen LogP contribution in [0.15, 0.2) is 52.6 Å². The second kappa shape index (κ2) is 7.98. The second-order valence-corrected chi connectivity index (χ2v) is 8.29. The Kier molecular flexibility index (Phi) is 5.24. The van der Waals surface area contributed by atoms with Crippen molar-refractivity contribution in [3.63, 3.8) is 0 Å². The maximum Gasteiger partial charge on any atom is 0.258 e. The molecule has 3 N–H and O–H groups in total. The molecule has 7 nitrogen and oxygen atoms in total. The molecule has 0 unspecified atom stereocenters. The minimum atomic E-state index is -0.384. The number of aromatic nitrogens is 2. The van der Waals surface area contributed by atoms with Gasteiger partial charge >= 0.3 is 0 Å². The van der Waals surface area contributed by atoms with Crippen LogP contribution in [-0.4, -0.2) is 21.8 Å². The quantitative estimate of drug-likeness (QED) is 0.455. The van der Waals surface area contributed by atoms with E-state index in [0.29, 0.717) is 28.1 Å². The number of hydrogen-bond donors (Lipinski definition) is 3. The predicted molar refractivity (Wildman–Crippen MR) is 115 cm³/mol. The van der Waals surface area contributed by atoms with Gasteiger partial charge in [0.2, 0.25) is 11.5 Å². The van der Waals surface area contributed by atoms with Gasteiger partial charge in [-0.15, -0.1) is 22.7 Å². The highest BCUT2D eigenvalue weighted by Crippen LogP contribution is 2.31. The first-order chi connectivity index (χ1) is 14.0. The molecule has 2 amide bonds. The van der Waals surface area contributed by atoms with Gasteiger partial charge in [0, 0.05) is 34.2 Å². The number of hydrogen-bond acceptors (Lipinski definition) is 6. The number of thiophene rings is 1.